The van der Waals surface area contributed by atoms with Gasteiger partial charge in [-0.05, 0) is 16.8 Å². The number of isothiocyanates is 1. The van der Waals surface area contributed by atoms with E-state index in [-0.39, 0.29) is 0 Å². The Kier molecular flexibility index (Phi) is 3.62. The zero-order valence-electron chi connectivity index (χ0n) is 3.50. The van der Waals surface area contributed by atoms with E-state index in [4.69, 9.17) is 0 Å². The molecule has 0 spiro atoms. The van der Waals surface area contributed by atoms with Crippen molar-refractivity contribution < 1.29 is 4.57 Å². The quantitative estimate of drug-likeness (QED) is 0.326. The van der Waals surface area contributed by atoms with Crippen LogP contribution in [0.4, 0.5) is 0 Å². The van der Waals surface area contributed by atoms with Crippen molar-refractivity contribution in [2.75, 3.05) is 0 Å². The zero-order valence-corrected chi connectivity index (χ0v) is 5.21. The summed E-state index contributed by atoms with van der Waals surface area (Å²) in [6.07, 6.45) is 0. The van der Waals surface area contributed by atoms with Gasteiger partial charge < -0.3 is 0 Å². The molecule has 36 valence electrons. The Morgan fingerprint density at radius 3 is 2.71 bits per heavy atom. The highest BCUT2D eigenvalue weighted by molar-refractivity contribution is 7.78. The fourth-order valence-electron chi connectivity index (χ4n) is 0.0811. The maximum Gasteiger partial charge on any atom is 0.525 e. The topological polar surface area (TPSA) is 29.4 Å². The Morgan fingerprint density at radius 1 is 2.00 bits per heavy atom. The maximum atomic E-state index is 10.1. The SMILES string of the molecule is C=C[P+](=O)N=C=S. The smallest absolute Gasteiger partial charge is 0.0503 e. The van der Waals surface area contributed by atoms with Crippen molar-refractivity contribution in [3.05, 3.63) is 12.4 Å². The molecule has 0 aromatic rings. The summed E-state index contributed by atoms with van der Waals surface area (Å²) in [5, 5.41) is 1.97. The molecule has 0 aliphatic rings. The van der Waals surface area contributed by atoms with Gasteiger partial charge in [0.1, 0.15) is 5.16 Å². The molecular formula is C3H3NOPS+. The molecule has 0 aliphatic carbocycles. The van der Waals surface area contributed by atoms with Gasteiger partial charge in [0, 0.05) is 4.76 Å². The van der Waals surface area contributed by atoms with Gasteiger partial charge in [-0.3, -0.25) is 0 Å². The molecule has 0 radical (unpaired) electrons. The third-order valence-corrected chi connectivity index (χ3v) is 1.13. The second kappa shape index (κ2) is 3.82. The highest BCUT2D eigenvalue weighted by atomic mass is 32.1. The lowest BCUT2D eigenvalue weighted by Gasteiger charge is -1.48. The summed E-state index contributed by atoms with van der Waals surface area (Å²) in [4.78, 5) is 0. The fraction of sp³-hybridized carbons (Fsp3) is 0. The number of hydrogen-bond acceptors (Lipinski definition) is 2. The van der Waals surface area contributed by atoms with E-state index in [1.54, 1.807) is 0 Å². The predicted molar refractivity (Wildman–Crippen MR) is 32.8 cm³/mol. The molecule has 0 aliphatic heterocycles. The minimum absolute atomic E-state index is 1.22. The first-order chi connectivity index (χ1) is 3.31. The Hall–Kier alpha value is -0.360. The van der Waals surface area contributed by atoms with Crippen LogP contribution in [0.2, 0.25) is 0 Å². The maximum absolute atomic E-state index is 10.1. The zero-order chi connectivity index (χ0) is 5.70. The molecule has 0 fully saturated rings. The molecule has 0 aromatic carbocycles. The van der Waals surface area contributed by atoms with Gasteiger partial charge >= 0.3 is 7.95 Å². The minimum Gasteiger partial charge on any atom is -0.0503 e. The molecule has 0 aromatic heterocycles. The number of rotatable bonds is 2. The van der Waals surface area contributed by atoms with E-state index in [2.05, 4.69) is 23.6 Å². The van der Waals surface area contributed by atoms with Crippen molar-refractivity contribution in [3.8, 4) is 0 Å². The molecule has 0 N–H and O–H groups in total. The van der Waals surface area contributed by atoms with E-state index in [0.29, 0.717) is 0 Å². The fourth-order valence-corrected chi connectivity index (χ4v) is 0.485. The van der Waals surface area contributed by atoms with Crippen molar-refractivity contribution in [1.82, 2.24) is 0 Å². The molecule has 2 nitrogen and oxygen atoms in total. The van der Waals surface area contributed by atoms with Gasteiger partial charge in [0.2, 0.25) is 0 Å². The first-order valence-corrected chi connectivity index (χ1v) is 3.17. The number of nitrogens with zero attached hydrogens (tertiary/aromatic N) is 1. The van der Waals surface area contributed by atoms with Crippen LogP contribution in [-0.2, 0) is 4.57 Å². The average Bonchev–Trinajstić information content (AvgIpc) is 1.68. The summed E-state index contributed by atoms with van der Waals surface area (Å²) in [6.45, 7) is 3.22. The Morgan fingerprint density at radius 2 is 2.57 bits per heavy atom. The van der Waals surface area contributed by atoms with Gasteiger partial charge in [0.25, 0.3) is 0 Å². The highest BCUT2D eigenvalue weighted by Crippen LogP contribution is 2.20. The van der Waals surface area contributed by atoms with Gasteiger partial charge in [-0.15, -0.1) is 0 Å². The summed E-state index contributed by atoms with van der Waals surface area (Å²) >= 11 is 4.15. The summed E-state index contributed by atoms with van der Waals surface area (Å²) < 4.78 is 13.3. The molecule has 1 unspecified atom stereocenters. The van der Waals surface area contributed by atoms with Crippen molar-refractivity contribution in [2.45, 2.75) is 0 Å². The molecule has 4 heteroatoms. The van der Waals surface area contributed by atoms with Gasteiger partial charge in [0.15, 0.2) is 5.82 Å². The lowest BCUT2D eigenvalue weighted by atomic mass is 11.3. The summed E-state index contributed by atoms with van der Waals surface area (Å²) in [7, 11) is -1.65. The molecule has 0 saturated carbocycles. The molecule has 7 heavy (non-hydrogen) atoms. The van der Waals surface area contributed by atoms with Crippen LogP contribution in [0.3, 0.4) is 0 Å². The largest absolute Gasteiger partial charge is 0.525 e. The van der Waals surface area contributed by atoms with Crippen molar-refractivity contribution in [1.29, 1.82) is 0 Å². The third-order valence-electron chi connectivity index (χ3n) is 0.296. The van der Waals surface area contributed by atoms with E-state index in [0.717, 1.165) is 0 Å². The standard InChI is InChI=1S/C3H3NOPS/c1-2-6(5)4-3-7/h2H,1H2/q+1. The monoisotopic (exact) mass is 132 g/mol. The summed E-state index contributed by atoms with van der Waals surface area (Å²) in [6, 6.07) is 0. The van der Waals surface area contributed by atoms with Crippen LogP contribution in [-0.4, -0.2) is 5.16 Å². The Balaban J connectivity index is 3.82. The van der Waals surface area contributed by atoms with Crippen LogP contribution >= 0.6 is 20.2 Å². The van der Waals surface area contributed by atoms with Crippen LogP contribution in [0.25, 0.3) is 0 Å². The van der Waals surface area contributed by atoms with E-state index in [1.807, 2.05) is 5.16 Å². The Bertz CT molecular complexity index is 138. The number of hydrogen-bond donors (Lipinski definition) is 0. The van der Waals surface area contributed by atoms with E-state index in [1.165, 1.54) is 5.82 Å². The molecule has 0 bridgehead atoms. The first kappa shape index (κ1) is 6.64. The molecule has 0 amide bonds. The van der Waals surface area contributed by atoms with Gasteiger partial charge in [-0.1, -0.05) is 6.58 Å². The van der Waals surface area contributed by atoms with Crippen LogP contribution in [0.5, 0.6) is 0 Å². The second-order valence-corrected chi connectivity index (χ2v) is 2.03. The highest BCUT2D eigenvalue weighted by Gasteiger charge is 2.01. The van der Waals surface area contributed by atoms with Gasteiger partial charge in [0.05, 0.1) is 0 Å². The van der Waals surface area contributed by atoms with E-state index >= 15 is 0 Å². The first-order valence-electron chi connectivity index (χ1n) is 1.48. The average molecular weight is 132 g/mol. The molecular weight excluding hydrogens is 129 g/mol. The summed E-state index contributed by atoms with van der Waals surface area (Å²) in [5.74, 6) is 1.22. The minimum atomic E-state index is -1.65. The third kappa shape index (κ3) is 3.47. The van der Waals surface area contributed by atoms with E-state index < -0.39 is 7.95 Å². The normalized spacial score (nSPS) is 8.86. The van der Waals surface area contributed by atoms with Crippen molar-refractivity contribution in [3.63, 3.8) is 0 Å². The molecule has 1 atom stereocenters. The Labute approximate surface area is 47.8 Å². The summed E-state index contributed by atoms with van der Waals surface area (Å²) in [5.41, 5.74) is 0. The lowest BCUT2D eigenvalue weighted by Crippen LogP contribution is -1.38. The van der Waals surface area contributed by atoms with Crippen LogP contribution < -0.4 is 0 Å². The van der Waals surface area contributed by atoms with Gasteiger partial charge in [-0.2, -0.15) is 0 Å². The van der Waals surface area contributed by atoms with Crippen LogP contribution in [0.15, 0.2) is 17.2 Å². The van der Waals surface area contributed by atoms with Gasteiger partial charge in [-0.25, -0.2) is 0 Å². The molecule has 0 rings (SSSR count). The molecule has 0 saturated heterocycles. The predicted octanol–water partition coefficient (Wildman–Crippen LogP) is 1.98. The van der Waals surface area contributed by atoms with Crippen LogP contribution in [0.1, 0.15) is 0 Å². The molecule has 0 heterocycles. The second-order valence-electron chi connectivity index (χ2n) is 0.676. The van der Waals surface area contributed by atoms with Crippen molar-refractivity contribution >= 4 is 25.3 Å². The number of thiocarbonyl (C=S) groups is 1. The lowest BCUT2D eigenvalue weighted by molar-refractivity contribution is 0.594. The van der Waals surface area contributed by atoms with Crippen molar-refractivity contribution in [2.24, 2.45) is 4.76 Å². The van der Waals surface area contributed by atoms with Crippen LogP contribution in [0, 0.1) is 0 Å². The van der Waals surface area contributed by atoms with E-state index in [9.17, 15) is 4.57 Å².